The highest BCUT2D eigenvalue weighted by molar-refractivity contribution is 5.95. The van der Waals surface area contributed by atoms with E-state index in [1.165, 1.54) is 0 Å². The molecule has 0 amide bonds. The first kappa shape index (κ1) is 17.0. The second-order valence-corrected chi connectivity index (χ2v) is 6.35. The largest absolute Gasteiger partial charge is 0.507 e. The van der Waals surface area contributed by atoms with Crippen LogP contribution in [0.2, 0.25) is 0 Å². The minimum Gasteiger partial charge on any atom is -0.507 e. The molecule has 0 bridgehead atoms. The molecule has 0 unspecified atom stereocenters. The van der Waals surface area contributed by atoms with Gasteiger partial charge in [0.05, 0.1) is 7.11 Å². The van der Waals surface area contributed by atoms with Gasteiger partial charge in [0.25, 0.3) is 0 Å². The molecule has 0 aliphatic carbocycles. The van der Waals surface area contributed by atoms with Gasteiger partial charge in [0.1, 0.15) is 23.9 Å². The van der Waals surface area contributed by atoms with Crippen LogP contribution in [0, 0.1) is 0 Å². The fourth-order valence-corrected chi connectivity index (χ4v) is 3.13. The lowest BCUT2D eigenvalue weighted by atomic mass is 9.99. The molecular weight excluding hydrogens is 336 g/mol. The Morgan fingerprint density at radius 3 is 2.26 bits per heavy atom. The van der Waals surface area contributed by atoms with Gasteiger partial charge in [-0.05, 0) is 46.8 Å². The number of benzene rings is 4. The number of fused-ring (bicyclic) bond motifs is 1. The molecule has 3 heteroatoms. The number of hydrogen-bond acceptors (Lipinski definition) is 3. The summed E-state index contributed by atoms with van der Waals surface area (Å²) in [6.45, 7) is 0.516. The molecule has 0 heterocycles. The molecule has 0 saturated heterocycles. The number of phenols is 1. The van der Waals surface area contributed by atoms with Crippen molar-refractivity contribution in [1.82, 2.24) is 0 Å². The third-order valence-corrected chi connectivity index (χ3v) is 4.61. The van der Waals surface area contributed by atoms with Crippen molar-refractivity contribution in [3.05, 3.63) is 90.5 Å². The van der Waals surface area contributed by atoms with Crippen LogP contribution in [-0.4, -0.2) is 12.2 Å². The van der Waals surface area contributed by atoms with E-state index in [0.717, 1.165) is 39.0 Å². The Kier molecular flexibility index (Phi) is 4.67. The van der Waals surface area contributed by atoms with E-state index in [4.69, 9.17) is 9.47 Å². The number of hydrogen-bond donors (Lipinski definition) is 1. The zero-order valence-corrected chi connectivity index (χ0v) is 15.1. The molecular formula is C24H20O3. The Morgan fingerprint density at radius 1 is 0.778 bits per heavy atom. The Balaban J connectivity index is 1.61. The number of aromatic hydroxyl groups is 1. The molecule has 134 valence electrons. The van der Waals surface area contributed by atoms with Gasteiger partial charge < -0.3 is 14.6 Å². The topological polar surface area (TPSA) is 38.7 Å². The SMILES string of the molecule is COc1ccc(-c2ccc3cc(OCc4ccccc4)ccc3c2O)cc1. The molecule has 0 fully saturated rings. The lowest BCUT2D eigenvalue weighted by molar-refractivity contribution is 0.306. The standard InChI is InChI=1S/C24H20O3/c1-26-20-10-7-18(8-11-20)22-13-9-19-15-21(12-14-23(19)24(22)25)27-16-17-5-3-2-4-6-17/h2-15,25H,16H2,1H3. The highest BCUT2D eigenvalue weighted by Gasteiger charge is 2.10. The monoisotopic (exact) mass is 356 g/mol. The quantitative estimate of drug-likeness (QED) is 0.491. The molecule has 4 aromatic rings. The van der Waals surface area contributed by atoms with Crippen LogP contribution in [0.3, 0.4) is 0 Å². The van der Waals surface area contributed by atoms with Crippen molar-refractivity contribution >= 4 is 10.8 Å². The second kappa shape index (κ2) is 7.42. The third-order valence-electron chi connectivity index (χ3n) is 4.61. The minimum absolute atomic E-state index is 0.271. The summed E-state index contributed by atoms with van der Waals surface area (Å²) < 4.78 is 11.1. The van der Waals surface area contributed by atoms with Crippen molar-refractivity contribution in [2.75, 3.05) is 7.11 Å². The fourth-order valence-electron chi connectivity index (χ4n) is 3.13. The van der Waals surface area contributed by atoms with E-state index < -0.39 is 0 Å². The summed E-state index contributed by atoms with van der Waals surface area (Å²) in [6.07, 6.45) is 0. The van der Waals surface area contributed by atoms with Crippen molar-refractivity contribution in [3.63, 3.8) is 0 Å². The van der Waals surface area contributed by atoms with Gasteiger partial charge in [0, 0.05) is 10.9 Å². The van der Waals surface area contributed by atoms with Gasteiger partial charge >= 0.3 is 0 Å². The lowest BCUT2D eigenvalue weighted by Crippen LogP contribution is -1.94. The maximum Gasteiger partial charge on any atom is 0.131 e. The number of ether oxygens (including phenoxy) is 2. The molecule has 4 rings (SSSR count). The predicted octanol–water partition coefficient (Wildman–Crippen LogP) is 5.80. The predicted molar refractivity (Wildman–Crippen MR) is 108 cm³/mol. The molecule has 4 aromatic carbocycles. The molecule has 0 aliphatic heterocycles. The fraction of sp³-hybridized carbons (Fsp3) is 0.0833. The first-order valence-corrected chi connectivity index (χ1v) is 8.81. The van der Waals surface area contributed by atoms with E-state index in [-0.39, 0.29) is 5.75 Å². The Bertz CT molecular complexity index is 1050. The van der Waals surface area contributed by atoms with Crippen LogP contribution in [0.5, 0.6) is 17.2 Å². The highest BCUT2D eigenvalue weighted by Crippen LogP contribution is 2.37. The van der Waals surface area contributed by atoms with Crippen LogP contribution in [0.15, 0.2) is 84.9 Å². The smallest absolute Gasteiger partial charge is 0.131 e. The van der Waals surface area contributed by atoms with E-state index in [2.05, 4.69) is 0 Å². The van der Waals surface area contributed by atoms with E-state index in [1.807, 2.05) is 84.9 Å². The van der Waals surface area contributed by atoms with Crippen LogP contribution >= 0.6 is 0 Å². The summed E-state index contributed by atoms with van der Waals surface area (Å²) in [5.74, 6) is 1.84. The van der Waals surface area contributed by atoms with Gasteiger partial charge in [0.2, 0.25) is 0 Å². The summed E-state index contributed by atoms with van der Waals surface area (Å²) >= 11 is 0. The van der Waals surface area contributed by atoms with E-state index >= 15 is 0 Å². The van der Waals surface area contributed by atoms with Crippen molar-refractivity contribution in [2.24, 2.45) is 0 Å². The molecule has 27 heavy (non-hydrogen) atoms. The summed E-state index contributed by atoms with van der Waals surface area (Å²) in [7, 11) is 1.64. The van der Waals surface area contributed by atoms with E-state index in [9.17, 15) is 5.11 Å². The molecule has 0 saturated carbocycles. The van der Waals surface area contributed by atoms with Crippen molar-refractivity contribution < 1.29 is 14.6 Å². The molecule has 0 atom stereocenters. The van der Waals surface area contributed by atoms with E-state index in [1.54, 1.807) is 7.11 Å². The zero-order valence-electron chi connectivity index (χ0n) is 15.1. The number of rotatable bonds is 5. The first-order valence-electron chi connectivity index (χ1n) is 8.81. The molecule has 0 spiro atoms. The van der Waals surface area contributed by atoms with Gasteiger partial charge in [-0.1, -0.05) is 54.6 Å². The van der Waals surface area contributed by atoms with Gasteiger partial charge in [-0.25, -0.2) is 0 Å². The van der Waals surface area contributed by atoms with Crippen LogP contribution in [-0.2, 0) is 6.61 Å². The summed E-state index contributed by atoms with van der Waals surface area (Å²) in [4.78, 5) is 0. The lowest BCUT2D eigenvalue weighted by Gasteiger charge is -2.11. The second-order valence-electron chi connectivity index (χ2n) is 6.35. The number of phenolic OH excluding ortho intramolecular Hbond substituents is 1. The van der Waals surface area contributed by atoms with Crippen LogP contribution in [0.1, 0.15) is 5.56 Å². The zero-order chi connectivity index (χ0) is 18.6. The molecule has 0 aromatic heterocycles. The Labute approximate surface area is 158 Å². The van der Waals surface area contributed by atoms with Gasteiger partial charge in [-0.3, -0.25) is 0 Å². The summed E-state index contributed by atoms with van der Waals surface area (Å²) in [5.41, 5.74) is 2.86. The molecule has 0 aliphatic rings. The first-order chi connectivity index (χ1) is 13.2. The summed E-state index contributed by atoms with van der Waals surface area (Å²) in [6, 6.07) is 27.4. The Morgan fingerprint density at radius 2 is 1.52 bits per heavy atom. The third kappa shape index (κ3) is 3.58. The van der Waals surface area contributed by atoms with Crippen molar-refractivity contribution in [1.29, 1.82) is 0 Å². The van der Waals surface area contributed by atoms with Gasteiger partial charge in [-0.2, -0.15) is 0 Å². The minimum atomic E-state index is 0.271. The number of methoxy groups -OCH3 is 1. The Hall–Kier alpha value is -3.46. The average molecular weight is 356 g/mol. The maximum absolute atomic E-state index is 10.8. The normalized spacial score (nSPS) is 10.7. The molecule has 3 nitrogen and oxygen atoms in total. The molecule has 1 N–H and O–H groups in total. The van der Waals surface area contributed by atoms with Gasteiger partial charge in [-0.15, -0.1) is 0 Å². The van der Waals surface area contributed by atoms with Crippen molar-refractivity contribution in [3.8, 4) is 28.4 Å². The molecule has 0 radical (unpaired) electrons. The maximum atomic E-state index is 10.8. The van der Waals surface area contributed by atoms with Crippen LogP contribution < -0.4 is 9.47 Å². The van der Waals surface area contributed by atoms with Crippen LogP contribution in [0.4, 0.5) is 0 Å². The summed E-state index contributed by atoms with van der Waals surface area (Å²) in [5, 5.41) is 12.5. The highest BCUT2D eigenvalue weighted by atomic mass is 16.5. The van der Waals surface area contributed by atoms with Crippen molar-refractivity contribution in [2.45, 2.75) is 6.61 Å². The van der Waals surface area contributed by atoms with Crippen LogP contribution in [0.25, 0.3) is 21.9 Å². The average Bonchev–Trinajstić information content (AvgIpc) is 2.73. The van der Waals surface area contributed by atoms with Gasteiger partial charge in [0.15, 0.2) is 0 Å². The van der Waals surface area contributed by atoms with E-state index in [0.29, 0.717) is 6.61 Å².